The van der Waals surface area contributed by atoms with Gasteiger partial charge in [0.25, 0.3) is 0 Å². The highest BCUT2D eigenvalue weighted by Crippen LogP contribution is 2.23. The maximum atomic E-state index is 12.2. The summed E-state index contributed by atoms with van der Waals surface area (Å²) < 4.78 is 10.6. The zero-order valence-electron chi connectivity index (χ0n) is 16.8. The molecular weight excluding hydrogens is 352 g/mol. The zero-order valence-corrected chi connectivity index (χ0v) is 16.8. The fourth-order valence-electron chi connectivity index (χ4n) is 3.71. The fourth-order valence-corrected chi connectivity index (χ4v) is 3.71. The van der Waals surface area contributed by atoms with Gasteiger partial charge in [-0.1, -0.05) is 11.6 Å². The lowest BCUT2D eigenvalue weighted by Gasteiger charge is -2.32. The molecule has 0 radical (unpaired) electrons. The predicted octanol–water partition coefficient (Wildman–Crippen LogP) is 4.82. The number of methoxy groups -OCH3 is 1. The molecule has 0 bridgehead atoms. The molecule has 1 aliphatic heterocycles. The van der Waals surface area contributed by atoms with Crippen LogP contribution < -0.4 is 10.1 Å². The summed E-state index contributed by atoms with van der Waals surface area (Å²) in [6, 6.07) is 11.4. The summed E-state index contributed by atoms with van der Waals surface area (Å²) in [4.78, 5) is 14.7. The van der Waals surface area contributed by atoms with E-state index in [9.17, 15) is 4.79 Å². The van der Waals surface area contributed by atoms with Crippen LogP contribution in [0.5, 0.6) is 5.75 Å². The zero-order chi connectivity index (χ0) is 19.8. The van der Waals surface area contributed by atoms with Crippen LogP contribution in [0, 0.1) is 5.92 Å². The molecule has 5 heteroatoms. The summed E-state index contributed by atoms with van der Waals surface area (Å²) in [5.41, 5.74) is 2.10. The Hall–Kier alpha value is -2.53. The van der Waals surface area contributed by atoms with E-state index in [2.05, 4.69) is 23.2 Å². The topological polar surface area (TPSA) is 54.7 Å². The van der Waals surface area contributed by atoms with Gasteiger partial charge in [-0.3, -0.25) is 9.69 Å². The average Bonchev–Trinajstić information content (AvgIpc) is 3.20. The summed E-state index contributed by atoms with van der Waals surface area (Å²) in [5.74, 6) is 2.37. The van der Waals surface area contributed by atoms with Gasteiger partial charge in [0.2, 0.25) is 5.91 Å². The van der Waals surface area contributed by atoms with Gasteiger partial charge >= 0.3 is 0 Å². The van der Waals surface area contributed by atoms with Crippen molar-refractivity contribution in [3.63, 3.8) is 0 Å². The van der Waals surface area contributed by atoms with Gasteiger partial charge in [-0.15, -0.1) is 0 Å². The number of benzene rings is 1. The molecule has 1 aromatic heterocycles. The van der Waals surface area contributed by atoms with Gasteiger partial charge < -0.3 is 14.5 Å². The molecule has 150 valence electrons. The van der Waals surface area contributed by atoms with Gasteiger partial charge in [-0.05, 0) is 75.5 Å². The summed E-state index contributed by atoms with van der Waals surface area (Å²) >= 11 is 0. The van der Waals surface area contributed by atoms with Gasteiger partial charge in [-0.2, -0.15) is 0 Å². The molecule has 28 heavy (non-hydrogen) atoms. The van der Waals surface area contributed by atoms with E-state index in [4.69, 9.17) is 9.15 Å². The number of nitrogens with one attached hydrogen (secondary N) is 1. The third-order valence-electron chi connectivity index (χ3n) is 5.25. The Morgan fingerprint density at radius 1 is 1.29 bits per heavy atom. The van der Waals surface area contributed by atoms with Gasteiger partial charge in [-0.25, -0.2) is 0 Å². The number of hydrogen-bond donors (Lipinski definition) is 1. The maximum Gasteiger partial charge on any atom is 0.224 e. The quantitative estimate of drug-likeness (QED) is 0.711. The number of hydrogen-bond acceptors (Lipinski definition) is 4. The molecule has 0 aliphatic carbocycles. The lowest BCUT2D eigenvalue weighted by molar-refractivity contribution is -0.116. The van der Waals surface area contributed by atoms with Crippen molar-refractivity contribution in [2.75, 3.05) is 32.1 Å². The van der Waals surface area contributed by atoms with E-state index in [1.54, 1.807) is 13.4 Å². The Labute approximate surface area is 167 Å². The van der Waals surface area contributed by atoms with Gasteiger partial charge in [0.05, 0.1) is 13.4 Å². The van der Waals surface area contributed by atoms with Crippen LogP contribution in [0.1, 0.15) is 38.4 Å². The van der Waals surface area contributed by atoms with Crippen molar-refractivity contribution in [2.24, 2.45) is 5.92 Å². The van der Waals surface area contributed by atoms with Crippen LogP contribution in [0.2, 0.25) is 0 Å². The van der Waals surface area contributed by atoms with E-state index < -0.39 is 0 Å². The second-order valence-corrected chi connectivity index (χ2v) is 7.54. The maximum absolute atomic E-state index is 12.2. The summed E-state index contributed by atoms with van der Waals surface area (Å²) in [6.07, 6.45) is 7.63. The van der Waals surface area contributed by atoms with Crippen molar-refractivity contribution >= 4 is 17.7 Å². The highest BCUT2D eigenvalue weighted by molar-refractivity contribution is 5.90. The third-order valence-corrected chi connectivity index (χ3v) is 5.25. The van der Waals surface area contributed by atoms with Crippen LogP contribution in [0.3, 0.4) is 0 Å². The Kier molecular flexibility index (Phi) is 7.31. The first-order valence-corrected chi connectivity index (χ1v) is 9.99. The van der Waals surface area contributed by atoms with E-state index >= 15 is 0 Å². The molecule has 0 spiro atoms. The van der Waals surface area contributed by atoms with E-state index in [1.807, 2.05) is 36.4 Å². The number of piperidine rings is 1. The minimum absolute atomic E-state index is 0.0768. The summed E-state index contributed by atoms with van der Waals surface area (Å²) in [7, 11) is 1.63. The van der Waals surface area contributed by atoms with Gasteiger partial charge in [0.15, 0.2) is 0 Å². The molecule has 2 heterocycles. The number of amides is 1. The first-order chi connectivity index (χ1) is 13.6. The first kappa shape index (κ1) is 20.2. The van der Waals surface area contributed by atoms with E-state index in [0.29, 0.717) is 12.3 Å². The molecule has 0 saturated carbocycles. The van der Waals surface area contributed by atoms with E-state index in [-0.39, 0.29) is 5.91 Å². The molecule has 2 aromatic rings. The highest BCUT2D eigenvalue weighted by Gasteiger charge is 2.20. The number of ether oxygens (including phenoxy) is 1. The van der Waals surface area contributed by atoms with Crippen LogP contribution in [-0.2, 0) is 4.79 Å². The number of furan rings is 1. The molecule has 1 aliphatic rings. The van der Waals surface area contributed by atoms with Crippen molar-refractivity contribution in [3.05, 3.63) is 54.0 Å². The average molecular weight is 383 g/mol. The number of carbonyl (C=O) groups excluding carboxylic acids is 1. The summed E-state index contributed by atoms with van der Waals surface area (Å²) in [5, 5.41) is 2.97. The van der Waals surface area contributed by atoms with Crippen molar-refractivity contribution in [2.45, 2.75) is 32.6 Å². The van der Waals surface area contributed by atoms with Crippen LogP contribution in [0.25, 0.3) is 6.08 Å². The predicted molar refractivity (Wildman–Crippen MR) is 112 cm³/mol. The molecule has 5 nitrogen and oxygen atoms in total. The smallest absolute Gasteiger partial charge is 0.224 e. The SMILES string of the molecule is COc1cccc(NC(=O)CCC2CCN(C/C(C)=C/c3ccco3)CC2)c1. The Morgan fingerprint density at radius 2 is 2.11 bits per heavy atom. The molecule has 0 atom stereocenters. The van der Waals surface area contributed by atoms with Crippen molar-refractivity contribution in [1.82, 2.24) is 4.90 Å². The Balaban J connectivity index is 1.36. The molecule has 1 amide bonds. The number of anilines is 1. The molecule has 1 N–H and O–H groups in total. The lowest BCUT2D eigenvalue weighted by Crippen LogP contribution is -2.35. The Bertz CT molecular complexity index is 775. The number of likely N-dealkylation sites (tertiary alicyclic amines) is 1. The second-order valence-electron chi connectivity index (χ2n) is 7.54. The second kappa shape index (κ2) is 10.1. The Morgan fingerprint density at radius 3 is 2.82 bits per heavy atom. The lowest BCUT2D eigenvalue weighted by atomic mass is 9.92. The van der Waals surface area contributed by atoms with Crippen molar-refractivity contribution < 1.29 is 13.9 Å². The van der Waals surface area contributed by atoms with E-state index in [1.165, 1.54) is 5.57 Å². The first-order valence-electron chi connectivity index (χ1n) is 9.99. The monoisotopic (exact) mass is 382 g/mol. The highest BCUT2D eigenvalue weighted by atomic mass is 16.5. The fraction of sp³-hybridized carbons (Fsp3) is 0.435. The minimum Gasteiger partial charge on any atom is -0.497 e. The van der Waals surface area contributed by atoms with Crippen LogP contribution >= 0.6 is 0 Å². The number of carbonyl (C=O) groups is 1. The number of rotatable bonds is 8. The molecule has 1 saturated heterocycles. The summed E-state index contributed by atoms with van der Waals surface area (Å²) in [6.45, 7) is 5.30. The number of nitrogens with zero attached hydrogens (tertiary/aromatic N) is 1. The van der Waals surface area contributed by atoms with Crippen molar-refractivity contribution in [3.8, 4) is 5.75 Å². The van der Waals surface area contributed by atoms with E-state index in [0.717, 1.165) is 56.1 Å². The van der Waals surface area contributed by atoms with Crippen molar-refractivity contribution in [1.29, 1.82) is 0 Å². The standard InChI is InChI=1S/C23H30N2O3/c1-18(15-22-7-4-14-28-22)17-25-12-10-19(11-13-25)8-9-23(26)24-20-5-3-6-21(16-20)27-2/h3-7,14-16,19H,8-13,17H2,1-2H3,(H,24,26)/b18-15+. The van der Waals surface area contributed by atoms with Gasteiger partial charge in [0.1, 0.15) is 11.5 Å². The van der Waals surface area contributed by atoms with Crippen LogP contribution in [0.15, 0.2) is 52.7 Å². The van der Waals surface area contributed by atoms with Gasteiger partial charge in [0, 0.05) is 24.7 Å². The molecule has 1 fully saturated rings. The molecular formula is C23H30N2O3. The molecule has 3 rings (SSSR count). The minimum atomic E-state index is 0.0768. The normalized spacial score (nSPS) is 16.1. The third kappa shape index (κ3) is 6.27. The van der Waals surface area contributed by atoms with Crippen LogP contribution in [0.4, 0.5) is 5.69 Å². The largest absolute Gasteiger partial charge is 0.497 e. The molecule has 0 unspecified atom stereocenters. The molecule has 1 aromatic carbocycles. The van der Waals surface area contributed by atoms with Crippen LogP contribution in [-0.4, -0.2) is 37.6 Å².